The van der Waals surface area contributed by atoms with Crippen LogP contribution in [0.2, 0.25) is 0 Å². The smallest absolute Gasteiger partial charge is 0.416 e. The van der Waals surface area contributed by atoms with Crippen LogP contribution >= 0.6 is 0 Å². The molecular formula is C21H20F6N2O2. The monoisotopic (exact) mass is 446 g/mol. The SMILES string of the molecule is CNC(=O)C1CN(Cc2ccc(OCc3cc(C(F)(F)F)cc(C(F)(F)F)c3)cc2)C1. The minimum Gasteiger partial charge on any atom is -0.489 e. The van der Waals surface area contributed by atoms with E-state index in [9.17, 15) is 31.1 Å². The number of nitrogens with zero attached hydrogens (tertiary/aromatic N) is 1. The topological polar surface area (TPSA) is 41.6 Å². The number of rotatable bonds is 6. The lowest BCUT2D eigenvalue weighted by atomic mass is 9.98. The third-order valence-corrected chi connectivity index (χ3v) is 4.96. The van der Waals surface area contributed by atoms with Crippen LogP contribution in [-0.4, -0.2) is 30.9 Å². The van der Waals surface area contributed by atoms with Crippen LogP contribution < -0.4 is 10.1 Å². The van der Waals surface area contributed by atoms with Crippen LogP contribution in [0, 0.1) is 5.92 Å². The minimum absolute atomic E-state index is 0.00303. The summed E-state index contributed by atoms with van der Waals surface area (Å²) in [6, 6.07) is 8.11. The summed E-state index contributed by atoms with van der Waals surface area (Å²) < 4.78 is 83.0. The first-order chi connectivity index (χ1) is 14.5. The highest BCUT2D eigenvalue weighted by Crippen LogP contribution is 2.36. The number of hydrogen-bond donors (Lipinski definition) is 1. The van der Waals surface area contributed by atoms with E-state index in [1.165, 1.54) is 0 Å². The summed E-state index contributed by atoms with van der Waals surface area (Å²) in [6.07, 6.45) is -9.79. The van der Waals surface area contributed by atoms with Gasteiger partial charge in [0.2, 0.25) is 5.91 Å². The van der Waals surface area contributed by atoms with Crippen molar-refractivity contribution >= 4 is 5.91 Å². The van der Waals surface area contributed by atoms with E-state index >= 15 is 0 Å². The maximum Gasteiger partial charge on any atom is 0.416 e. The van der Waals surface area contributed by atoms with Crippen molar-refractivity contribution in [2.24, 2.45) is 5.92 Å². The number of hydrogen-bond acceptors (Lipinski definition) is 3. The lowest BCUT2D eigenvalue weighted by Crippen LogP contribution is -2.52. The molecule has 3 rings (SSSR count). The van der Waals surface area contributed by atoms with E-state index in [2.05, 4.69) is 10.2 Å². The van der Waals surface area contributed by atoms with Crippen LogP contribution in [0.15, 0.2) is 42.5 Å². The molecule has 1 saturated heterocycles. The average molecular weight is 446 g/mol. The number of alkyl halides is 6. The van der Waals surface area contributed by atoms with Gasteiger partial charge in [-0.15, -0.1) is 0 Å². The molecule has 0 atom stereocenters. The van der Waals surface area contributed by atoms with Crippen molar-refractivity contribution < 1.29 is 35.9 Å². The Morgan fingerprint density at radius 1 is 0.968 bits per heavy atom. The summed E-state index contributed by atoms with van der Waals surface area (Å²) in [7, 11) is 1.59. The zero-order valence-corrected chi connectivity index (χ0v) is 16.5. The van der Waals surface area contributed by atoms with Gasteiger partial charge in [-0.2, -0.15) is 26.3 Å². The molecule has 0 radical (unpaired) electrons. The summed E-state index contributed by atoms with van der Waals surface area (Å²) in [5.41, 5.74) is -2.03. The quantitative estimate of drug-likeness (QED) is 0.666. The van der Waals surface area contributed by atoms with Gasteiger partial charge in [-0.25, -0.2) is 0 Å². The Bertz CT molecular complexity index is 887. The summed E-state index contributed by atoms with van der Waals surface area (Å²) >= 11 is 0. The van der Waals surface area contributed by atoms with Gasteiger partial charge < -0.3 is 10.1 Å². The molecule has 10 heteroatoms. The number of amides is 1. The number of benzene rings is 2. The molecular weight excluding hydrogens is 426 g/mol. The minimum atomic E-state index is -4.90. The molecule has 1 fully saturated rings. The molecule has 0 aromatic heterocycles. The molecule has 1 aliphatic rings. The fourth-order valence-corrected chi connectivity index (χ4v) is 3.29. The van der Waals surface area contributed by atoms with E-state index in [0.29, 0.717) is 37.5 Å². The molecule has 0 spiro atoms. The third-order valence-electron chi connectivity index (χ3n) is 4.96. The molecule has 2 aromatic carbocycles. The van der Waals surface area contributed by atoms with Gasteiger partial charge in [-0.3, -0.25) is 9.69 Å². The predicted molar refractivity (Wildman–Crippen MR) is 100 cm³/mol. The van der Waals surface area contributed by atoms with Crippen LogP contribution in [0.1, 0.15) is 22.3 Å². The second-order valence-corrected chi connectivity index (χ2v) is 7.35. The third kappa shape index (κ3) is 5.90. The molecule has 1 N–H and O–H groups in total. The van der Waals surface area contributed by atoms with Crippen molar-refractivity contribution in [3.8, 4) is 5.75 Å². The van der Waals surface area contributed by atoms with Crippen molar-refractivity contribution in [3.63, 3.8) is 0 Å². The average Bonchev–Trinajstić information content (AvgIpc) is 2.67. The van der Waals surface area contributed by atoms with Gasteiger partial charge in [0.15, 0.2) is 0 Å². The fourth-order valence-electron chi connectivity index (χ4n) is 3.29. The first kappa shape index (κ1) is 22.9. The van der Waals surface area contributed by atoms with Crippen molar-refractivity contribution in [2.45, 2.75) is 25.5 Å². The highest BCUT2D eigenvalue weighted by Gasteiger charge is 2.37. The van der Waals surface area contributed by atoms with E-state index in [4.69, 9.17) is 4.74 Å². The maximum atomic E-state index is 12.9. The first-order valence-corrected chi connectivity index (χ1v) is 9.40. The highest BCUT2D eigenvalue weighted by atomic mass is 19.4. The lowest BCUT2D eigenvalue weighted by molar-refractivity contribution is -0.143. The molecule has 1 amide bonds. The normalized spacial score (nSPS) is 15.5. The molecule has 168 valence electrons. The van der Waals surface area contributed by atoms with Crippen LogP contribution in [0.4, 0.5) is 26.3 Å². The number of ether oxygens (including phenoxy) is 1. The van der Waals surface area contributed by atoms with Crippen molar-refractivity contribution in [2.75, 3.05) is 20.1 Å². The van der Waals surface area contributed by atoms with Gasteiger partial charge in [0.1, 0.15) is 12.4 Å². The number of nitrogens with one attached hydrogen (secondary N) is 1. The molecule has 0 saturated carbocycles. The molecule has 4 nitrogen and oxygen atoms in total. The van der Waals surface area contributed by atoms with Crippen molar-refractivity contribution in [3.05, 3.63) is 64.7 Å². The number of likely N-dealkylation sites (tertiary alicyclic amines) is 1. The fraction of sp³-hybridized carbons (Fsp3) is 0.381. The first-order valence-electron chi connectivity index (χ1n) is 9.40. The Kier molecular flexibility index (Phi) is 6.49. The van der Waals surface area contributed by atoms with Crippen LogP contribution in [0.3, 0.4) is 0 Å². The molecule has 0 aliphatic carbocycles. The largest absolute Gasteiger partial charge is 0.489 e. The van der Waals surface area contributed by atoms with Crippen LogP contribution in [0.25, 0.3) is 0 Å². The molecule has 1 heterocycles. The van der Waals surface area contributed by atoms with Crippen LogP contribution in [-0.2, 0) is 30.3 Å². The second kappa shape index (κ2) is 8.78. The van der Waals surface area contributed by atoms with Gasteiger partial charge >= 0.3 is 12.4 Å². The van der Waals surface area contributed by atoms with E-state index in [-0.39, 0.29) is 23.5 Å². The maximum absolute atomic E-state index is 12.9. The zero-order chi connectivity index (χ0) is 22.8. The Balaban J connectivity index is 1.61. The van der Waals surface area contributed by atoms with Gasteiger partial charge in [0.05, 0.1) is 17.0 Å². The Morgan fingerprint density at radius 2 is 1.52 bits per heavy atom. The highest BCUT2D eigenvalue weighted by molar-refractivity contribution is 5.79. The number of halogens is 6. The Labute approximate surface area is 174 Å². The number of carbonyl (C=O) groups is 1. The van der Waals surface area contributed by atoms with Crippen molar-refractivity contribution in [1.29, 1.82) is 0 Å². The summed E-state index contributed by atoms with van der Waals surface area (Å²) in [4.78, 5) is 13.6. The van der Waals surface area contributed by atoms with Gasteiger partial charge in [0.25, 0.3) is 0 Å². The number of carbonyl (C=O) groups excluding carboxylic acids is 1. The predicted octanol–water partition coefficient (Wildman–Crippen LogP) is 4.48. The van der Waals surface area contributed by atoms with Crippen LogP contribution in [0.5, 0.6) is 5.75 Å². The van der Waals surface area contributed by atoms with Gasteiger partial charge in [-0.1, -0.05) is 12.1 Å². The molecule has 31 heavy (non-hydrogen) atoms. The summed E-state index contributed by atoms with van der Waals surface area (Å²) in [6.45, 7) is 1.48. The van der Waals surface area contributed by atoms with E-state index in [0.717, 1.165) is 5.56 Å². The molecule has 2 aromatic rings. The summed E-state index contributed by atoms with van der Waals surface area (Å²) in [5.74, 6) is 0.298. The molecule has 1 aliphatic heterocycles. The Hall–Kier alpha value is -2.75. The van der Waals surface area contributed by atoms with E-state index in [1.54, 1.807) is 31.3 Å². The lowest BCUT2D eigenvalue weighted by Gasteiger charge is -2.38. The van der Waals surface area contributed by atoms with E-state index in [1.807, 2.05) is 0 Å². The second-order valence-electron chi connectivity index (χ2n) is 7.35. The van der Waals surface area contributed by atoms with E-state index < -0.39 is 30.1 Å². The Morgan fingerprint density at radius 3 is 2.00 bits per heavy atom. The molecule has 0 bridgehead atoms. The van der Waals surface area contributed by atoms with Crippen molar-refractivity contribution in [1.82, 2.24) is 10.2 Å². The summed E-state index contributed by atoms with van der Waals surface area (Å²) in [5, 5.41) is 2.60. The standard InChI is InChI=1S/C21H20F6N2O2/c1-28-19(30)15-10-29(11-15)9-13-2-4-18(5-3-13)31-12-14-6-16(20(22,23)24)8-17(7-14)21(25,26)27/h2-8,15H,9-12H2,1H3,(H,28,30). The van der Waals surface area contributed by atoms with Gasteiger partial charge in [-0.05, 0) is 41.5 Å². The molecule has 0 unspecified atom stereocenters. The van der Waals surface area contributed by atoms with Gasteiger partial charge in [0, 0.05) is 26.7 Å². The zero-order valence-electron chi connectivity index (χ0n) is 16.5.